The van der Waals surface area contributed by atoms with Crippen molar-refractivity contribution in [3.05, 3.63) is 11.9 Å². The Bertz CT molecular complexity index is 419. The van der Waals surface area contributed by atoms with Crippen LogP contribution in [0.3, 0.4) is 0 Å². The summed E-state index contributed by atoms with van der Waals surface area (Å²) in [6, 6.07) is 0. The van der Waals surface area contributed by atoms with Crippen molar-refractivity contribution >= 4 is 11.6 Å². The van der Waals surface area contributed by atoms with Crippen molar-refractivity contribution in [3.63, 3.8) is 0 Å². The molecule has 0 aromatic carbocycles. The van der Waals surface area contributed by atoms with Gasteiger partial charge >= 0.3 is 0 Å². The lowest BCUT2D eigenvalue weighted by Crippen LogP contribution is -2.36. The summed E-state index contributed by atoms with van der Waals surface area (Å²) in [6.07, 6.45) is 3.55. The maximum Gasteiger partial charge on any atom is 0.148 e. The molecule has 0 unspecified atom stereocenters. The highest BCUT2D eigenvalue weighted by atomic mass is 15.3. The van der Waals surface area contributed by atoms with Gasteiger partial charge in [0.1, 0.15) is 18.0 Å². The normalized spacial score (nSPS) is 11.2. The first-order valence-electron chi connectivity index (χ1n) is 7.69. The topological polar surface area (TPSA) is 70.3 Å². The van der Waals surface area contributed by atoms with E-state index in [4.69, 9.17) is 5.84 Å². The van der Waals surface area contributed by atoms with Crippen molar-refractivity contribution in [2.45, 2.75) is 33.6 Å². The van der Waals surface area contributed by atoms with Crippen molar-refractivity contribution in [1.82, 2.24) is 14.9 Å². The average Bonchev–Trinajstić information content (AvgIpc) is 2.43. The molecule has 3 N–H and O–H groups in total. The highest BCUT2D eigenvalue weighted by Crippen LogP contribution is 2.25. The first-order chi connectivity index (χ1) is 9.99. The fraction of sp³-hybridized carbons (Fsp3) is 0.733. The van der Waals surface area contributed by atoms with E-state index >= 15 is 0 Å². The van der Waals surface area contributed by atoms with Gasteiger partial charge in [-0.1, -0.05) is 27.2 Å². The standard InChI is InChI=1S/C15H30N6/c1-6-7-13-14(19-16)17-11-18-15(13)21(10-12(2)3)9-8-20(4)5/h11-12H,6-10,16H2,1-5H3,(H,17,18,19). The Morgan fingerprint density at radius 2 is 1.95 bits per heavy atom. The van der Waals surface area contributed by atoms with E-state index in [2.05, 4.69) is 60.1 Å². The Kier molecular flexibility index (Phi) is 7.39. The number of nitrogens with two attached hydrogens (primary N) is 1. The molecule has 0 spiro atoms. The molecule has 0 radical (unpaired) electrons. The summed E-state index contributed by atoms with van der Waals surface area (Å²) < 4.78 is 0. The molecule has 0 fully saturated rings. The summed E-state index contributed by atoms with van der Waals surface area (Å²) in [4.78, 5) is 13.3. The molecular weight excluding hydrogens is 264 g/mol. The SMILES string of the molecule is CCCc1c(NN)ncnc1N(CCN(C)C)CC(C)C. The van der Waals surface area contributed by atoms with Gasteiger partial charge in [-0.25, -0.2) is 15.8 Å². The molecule has 0 saturated heterocycles. The van der Waals surface area contributed by atoms with Crippen LogP contribution < -0.4 is 16.2 Å². The van der Waals surface area contributed by atoms with Gasteiger partial charge in [0.15, 0.2) is 0 Å². The molecule has 6 heteroatoms. The predicted molar refractivity (Wildman–Crippen MR) is 89.4 cm³/mol. The summed E-state index contributed by atoms with van der Waals surface area (Å²) in [5.41, 5.74) is 3.82. The van der Waals surface area contributed by atoms with Crippen molar-refractivity contribution in [2.24, 2.45) is 11.8 Å². The minimum absolute atomic E-state index is 0.575. The van der Waals surface area contributed by atoms with Crippen LogP contribution in [-0.4, -0.2) is 48.6 Å². The summed E-state index contributed by atoms with van der Waals surface area (Å²) >= 11 is 0. The number of nitrogens with zero attached hydrogens (tertiary/aromatic N) is 4. The third-order valence-corrected chi connectivity index (χ3v) is 3.26. The summed E-state index contributed by atoms with van der Waals surface area (Å²) in [5.74, 6) is 7.93. The summed E-state index contributed by atoms with van der Waals surface area (Å²) in [7, 11) is 4.18. The maximum atomic E-state index is 5.61. The average molecular weight is 294 g/mol. The summed E-state index contributed by atoms with van der Waals surface area (Å²) in [6.45, 7) is 9.53. The first-order valence-corrected chi connectivity index (χ1v) is 7.69. The minimum atomic E-state index is 0.575. The summed E-state index contributed by atoms with van der Waals surface area (Å²) in [5, 5.41) is 0. The zero-order valence-electron chi connectivity index (χ0n) is 14.1. The number of anilines is 2. The lowest BCUT2D eigenvalue weighted by atomic mass is 10.1. The Labute approximate surface area is 128 Å². The third kappa shape index (κ3) is 5.47. The molecule has 1 heterocycles. The molecule has 0 bridgehead atoms. The molecule has 1 aromatic rings. The molecule has 0 aliphatic heterocycles. The van der Waals surface area contributed by atoms with Gasteiger partial charge in [-0.15, -0.1) is 0 Å². The van der Waals surface area contributed by atoms with E-state index in [0.29, 0.717) is 5.92 Å². The van der Waals surface area contributed by atoms with Crippen molar-refractivity contribution in [1.29, 1.82) is 0 Å². The second-order valence-electron chi connectivity index (χ2n) is 6.06. The number of nitrogen functional groups attached to an aromatic ring is 1. The van der Waals surface area contributed by atoms with E-state index in [9.17, 15) is 0 Å². The molecule has 0 aliphatic rings. The van der Waals surface area contributed by atoms with Crippen LogP contribution in [-0.2, 0) is 6.42 Å². The fourth-order valence-corrected chi connectivity index (χ4v) is 2.33. The van der Waals surface area contributed by atoms with Crippen LogP contribution in [0.25, 0.3) is 0 Å². The van der Waals surface area contributed by atoms with Gasteiger partial charge in [-0.2, -0.15) is 0 Å². The molecule has 6 nitrogen and oxygen atoms in total. The number of hydrogen-bond acceptors (Lipinski definition) is 6. The van der Waals surface area contributed by atoms with Crippen LogP contribution in [0.5, 0.6) is 0 Å². The Morgan fingerprint density at radius 1 is 1.24 bits per heavy atom. The number of nitrogens with one attached hydrogen (secondary N) is 1. The quantitative estimate of drug-likeness (QED) is 0.534. The number of hydrogen-bond donors (Lipinski definition) is 2. The minimum Gasteiger partial charge on any atom is -0.355 e. The Morgan fingerprint density at radius 3 is 2.48 bits per heavy atom. The molecule has 0 amide bonds. The van der Waals surface area contributed by atoms with Crippen LogP contribution in [0.2, 0.25) is 0 Å². The second kappa shape index (κ2) is 8.79. The van der Waals surface area contributed by atoms with E-state index in [1.54, 1.807) is 6.33 Å². The molecular formula is C15H30N6. The van der Waals surface area contributed by atoms with E-state index in [0.717, 1.165) is 49.7 Å². The third-order valence-electron chi connectivity index (χ3n) is 3.26. The molecule has 0 saturated carbocycles. The van der Waals surface area contributed by atoms with Crippen LogP contribution in [0.15, 0.2) is 6.33 Å². The van der Waals surface area contributed by atoms with Gasteiger partial charge < -0.3 is 15.2 Å². The smallest absolute Gasteiger partial charge is 0.148 e. The van der Waals surface area contributed by atoms with Gasteiger partial charge in [0.25, 0.3) is 0 Å². The number of rotatable bonds is 9. The monoisotopic (exact) mass is 294 g/mol. The fourth-order valence-electron chi connectivity index (χ4n) is 2.33. The lowest BCUT2D eigenvalue weighted by molar-refractivity contribution is 0.408. The van der Waals surface area contributed by atoms with Crippen molar-refractivity contribution in [3.8, 4) is 0 Å². The molecule has 120 valence electrons. The predicted octanol–water partition coefficient (Wildman–Crippen LogP) is 1.74. The van der Waals surface area contributed by atoms with Gasteiger partial charge in [-0.3, -0.25) is 0 Å². The molecule has 1 aromatic heterocycles. The molecule has 0 aliphatic carbocycles. The van der Waals surface area contributed by atoms with E-state index < -0.39 is 0 Å². The van der Waals surface area contributed by atoms with Crippen molar-refractivity contribution in [2.75, 3.05) is 44.1 Å². The Hall–Kier alpha value is -1.40. The van der Waals surface area contributed by atoms with E-state index in [-0.39, 0.29) is 0 Å². The largest absolute Gasteiger partial charge is 0.355 e. The number of aromatic nitrogens is 2. The van der Waals surface area contributed by atoms with Crippen LogP contribution in [0, 0.1) is 5.92 Å². The molecule has 1 rings (SSSR count). The zero-order chi connectivity index (χ0) is 15.8. The molecule has 21 heavy (non-hydrogen) atoms. The number of hydrazine groups is 1. The van der Waals surface area contributed by atoms with E-state index in [1.165, 1.54) is 0 Å². The zero-order valence-corrected chi connectivity index (χ0v) is 14.1. The Balaban J connectivity index is 3.09. The van der Waals surface area contributed by atoms with Gasteiger partial charge in [0, 0.05) is 25.2 Å². The van der Waals surface area contributed by atoms with Crippen molar-refractivity contribution < 1.29 is 0 Å². The van der Waals surface area contributed by atoms with Crippen LogP contribution in [0.1, 0.15) is 32.8 Å². The highest BCUT2D eigenvalue weighted by Gasteiger charge is 2.17. The number of likely N-dealkylation sites (N-methyl/N-ethyl adjacent to an activating group) is 1. The van der Waals surface area contributed by atoms with Gasteiger partial charge in [-0.05, 0) is 26.4 Å². The maximum absolute atomic E-state index is 5.61. The van der Waals surface area contributed by atoms with E-state index in [1.807, 2.05) is 0 Å². The van der Waals surface area contributed by atoms with Crippen LogP contribution in [0.4, 0.5) is 11.6 Å². The second-order valence-corrected chi connectivity index (χ2v) is 6.06. The first kappa shape index (κ1) is 17.7. The molecule has 0 atom stereocenters. The van der Waals surface area contributed by atoms with Gasteiger partial charge in [0.2, 0.25) is 0 Å². The lowest BCUT2D eigenvalue weighted by Gasteiger charge is -2.29. The van der Waals surface area contributed by atoms with Crippen LogP contribution >= 0.6 is 0 Å². The highest BCUT2D eigenvalue weighted by molar-refractivity contribution is 5.58. The van der Waals surface area contributed by atoms with Gasteiger partial charge in [0.05, 0.1) is 0 Å².